The van der Waals surface area contributed by atoms with Crippen molar-refractivity contribution >= 4 is 5.91 Å². The molecule has 0 unspecified atom stereocenters. The quantitative estimate of drug-likeness (QED) is 0.301. The molecule has 2 rings (SSSR count). The summed E-state index contributed by atoms with van der Waals surface area (Å²) >= 11 is 0. The van der Waals surface area contributed by atoms with Gasteiger partial charge in [0.1, 0.15) is 18.0 Å². The number of aliphatic hydroxyl groups excluding tert-OH is 4. The largest absolute Gasteiger partial charge is 0.508 e. The number of phenols is 1. The van der Waals surface area contributed by atoms with Gasteiger partial charge in [-0.25, -0.2) is 0 Å². The number of amides is 1. The van der Waals surface area contributed by atoms with Crippen molar-refractivity contribution in [1.82, 2.24) is 10.2 Å². The summed E-state index contributed by atoms with van der Waals surface area (Å²) in [6.07, 6.45) is -1.28. The molecule has 4 atom stereocenters. The van der Waals surface area contributed by atoms with Crippen molar-refractivity contribution in [3.63, 3.8) is 0 Å². The second-order valence-corrected chi connectivity index (χ2v) is 6.98. The highest BCUT2D eigenvalue weighted by Gasteiger charge is 2.40. The van der Waals surface area contributed by atoms with Gasteiger partial charge in [0, 0.05) is 19.5 Å². The summed E-state index contributed by atoms with van der Waals surface area (Å²) in [5, 5.41) is 51.3. The Morgan fingerprint density at radius 1 is 1.15 bits per heavy atom. The summed E-state index contributed by atoms with van der Waals surface area (Å²) in [6, 6.07) is 6.34. The lowest BCUT2D eigenvalue weighted by Crippen LogP contribution is -2.62. The number of likely N-dealkylation sites (tertiary alicyclic amines) is 1. The molecule has 8 heteroatoms. The van der Waals surface area contributed by atoms with E-state index in [1.165, 1.54) is 0 Å². The summed E-state index contributed by atoms with van der Waals surface area (Å²) in [5.41, 5.74) is 0.743. The van der Waals surface area contributed by atoms with Crippen molar-refractivity contribution in [3.05, 3.63) is 29.8 Å². The highest BCUT2D eigenvalue weighted by Crippen LogP contribution is 2.19. The molecule has 8 nitrogen and oxygen atoms in total. The molecule has 0 aliphatic carbocycles. The monoisotopic (exact) mass is 382 g/mol. The molecule has 1 fully saturated rings. The standard InChI is InChI=1S/C19H30N2O6/c22-12-14-18(26)19(27)16(24)11-21(14)10-4-3-9-20-17(25)8-7-13-5-1-2-6-15(13)23/h1-2,5-6,14,16,18-19,22-24,26-27H,3-4,7-12H2,(H,20,25)/t14-,16+,18-,19-/m1/s1. The number of aromatic hydroxyl groups is 1. The number of nitrogens with zero attached hydrogens (tertiary/aromatic N) is 1. The van der Waals surface area contributed by atoms with Gasteiger partial charge in [-0.3, -0.25) is 9.69 Å². The summed E-state index contributed by atoms with van der Waals surface area (Å²) in [7, 11) is 0. The van der Waals surface area contributed by atoms with Crippen molar-refractivity contribution in [2.24, 2.45) is 0 Å². The van der Waals surface area contributed by atoms with Crippen molar-refractivity contribution < 1.29 is 30.3 Å². The molecule has 1 aliphatic rings. The second kappa shape index (κ2) is 10.6. The van der Waals surface area contributed by atoms with Crippen molar-refractivity contribution in [2.75, 3.05) is 26.2 Å². The molecular weight excluding hydrogens is 352 g/mol. The van der Waals surface area contributed by atoms with Crippen LogP contribution in [0.2, 0.25) is 0 Å². The van der Waals surface area contributed by atoms with Gasteiger partial charge in [-0.1, -0.05) is 18.2 Å². The fourth-order valence-electron chi connectivity index (χ4n) is 3.36. The summed E-state index contributed by atoms with van der Waals surface area (Å²) in [4.78, 5) is 13.6. The molecule has 0 bridgehead atoms. The number of aliphatic hydroxyl groups is 4. The fourth-order valence-corrected chi connectivity index (χ4v) is 3.36. The van der Waals surface area contributed by atoms with Gasteiger partial charge in [0.25, 0.3) is 0 Å². The van der Waals surface area contributed by atoms with Crippen LogP contribution in [0.15, 0.2) is 24.3 Å². The SMILES string of the molecule is O=C(CCc1ccccc1O)NCCCCN1C[C@H](O)[C@@H](O)[C@H](O)[C@H]1CO. The zero-order valence-corrected chi connectivity index (χ0v) is 15.4. The van der Waals surface area contributed by atoms with Crippen LogP contribution >= 0.6 is 0 Å². The van der Waals surface area contributed by atoms with Gasteiger partial charge >= 0.3 is 0 Å². The highest BCUT2D eigenvalue weighted by molar-refractivity contribution is 5.76. The first-order chi connectivity index (χ1) is 12.9. The Morgan fingerprint density at radius 2 is 1.89 bits per heavy atom. The van der Waals surface area contributed by atoms with E-state index in [4.69, 9.17) is 0 Å². The number of para-hydroxylation sites is 1. The Balaban J connectivity index is 1.63. The molecule has 27 heavy (non-hydrogen) atoms. The molecule has 1 amide bonds. The van der Waals surface area contributed by atoms with Crippen LogP contribution < -0.4 is 5.32 Å². The zero-order chi connectivity index (χ0) is 19.8. The minimum absolute atomic E-state index is 0.0848. The van der Waals surface area contributed by atoms with Gasteiger partial charge in [0.2, 0.25) is 5.91 Å². The van der Waals surface area contributed by atoms with Gasteiger partial charge in [0.15, 0.2) is 0 Å². The minimum Gasteiger partial charge on any atom is -0.508 e. The smallest absolute Gasteiger partial charge is 0.220 e. The number of hydrogen-bond acceptors (Lipinski definition) is 7. The van der Waals surface area contributed by atoms with E-state index in [9.17, 15) is 30.3 Å². The van der Waals surface area contributed by atoms with Gasteiger partial charge in [0.05, 0.1) is 18.8 Å². The summed E-state index contributed by atoms with van der Waals surface area (Å²) in [5.74, 6) is 0.109. The normalized spacial score (nSPS) is 26.1. The predicted octanol–water partition coefficient (Wildman–Crippen LogP) is -1.02. The van der Waals surface area contributed by atoms with E-state index in [0.717, 1.165) is 5.56 Å². The first-order valence-electron chi connectivity index (χ1n) is 9.36. The Morgan fingerprint density at radius 3 is 2.59 bits per heavy atom. The molecule has 0 aromatic heterocycles. The maximum atomic E-state index is 11.9. The number of benzene rings is 1. The average molecular weight is 382 g/mol. The minimum atomic E-state index is -1.25. The van der Waals surface area contributed by atoms with E-state index >= 15 is 0 Å². The number of piperidine rings is 1. The molecule has 0 radical (unpaired) electrons. The molecule has 1 aromatic carbocycles. The number of rotatable bonds is 9. The van der Waals surface area contributed by atoms with Crippen LogP contribution in [0.25, 0.3) is 0 Å². The van der Waals surface area contributed by atoms with Gasteiger partial charge in [-0.15, -0.1) is 0 Å². The summed E-state index contributed by atoms with van der Waals surface area (Å²) < 4.78 is 0. The second-order valence-electron chi connectivity index (χ2n) is 6.98. The van der Waals surface area contributed by atoms with E-state index in [1.807, 2.05) is 6.07 Å². The lowest BCUT2D eigenvalue weighted by molar-refractivity contribution is -0.145. The van der Waals surface area contributed by atoms with E-state index in [0.29, 0.717) is 38.8 Å². The molecule has 1 aromatic rings. The maximum absolute atomic E-state index is 11.9. The van der Waals surface area contributed by atoms with Crippen LogP contribution in [0.3, 0.4) is 0 Å². The molecule has 0 spiro atoms. The van der Waals surface area contributed by atoms with Crippen LogP contribution in [0.1, 0.15) is 24.8 Å². The van der Waals surface area contributed by atoms with Crippen LogP contribution in [0.4, 0.5) is 0 Å². The van der Waals surface area contributed by atoms with E-state index in [1.54, 1.807) is 23.1 Å². The molecule has 0 saturated carbocycles. The van der Waals surface area contributed by atoms with Crippen LogP contribution in [-0.2, 0) is 11.2 Å². The van der Waals surface area contributed by atoms with Crippen molar-refractivity contribution in [3.8, 4) is 5.75 Å². The Bertz CT molecular complexity index is 599. The average Bonchev–Trinajstić information content (AvgIpc) is 2.65. The van der Waals surface area contributed by atoms with Crippen molar-refractivity contribution in [1.29, 1.82) is 0 Å². The third-order valence-corrected chi connectivity index (χ3v) is 5.02. The number of carbonyl (C=O) groups excluding carboxylic acids is 1. The number of phenolic OH excluding ortho intramolecular Hbond substituents is 1. The fraction of sp³-hybridized carbons (Fsp3) is 0.632. The van der Waals surface area contributed by atoms with Crippen molar-refractivity contribution in [2.45, 2.75) is 50.0 Å². The number of β-amino-alcohol motifs (C(OH)–C–C–N with tert-alkyl or cyclic N) is 1. The Labute approximate surface area is 159 Å². The number of nitrogens with one attached hydrogen (secondary N) is 1. The number of hydrogen-bond donors (Lipinski definition) is 6. The van der Waals surface area contributed by atoms with Crippen LogP contribution in [0, 0.1) is 0 Å². The molecule has 6 N–H and O–H groups in total. The predicted molar refractivity (Wildman–Crippen MR) is 99.1 cm³/mol. The van der Waals surface area contributed by atoms with Crippen LogP contribution in [-0.4, -0.2) is 86.9 Å². The zero-order valence-electron chi connectivity index (χ0n) is 15.4. The van der Waals surface area contributed by atoms with E-state index in [2.05, 4.69) is 5.32 Å². The molecule has 1 heterocycles. The third-order valence-electron chi connectivity index (χ3n) is 5.02. The lowest BCUT2D eigenvalue weighted by atomic mass is 9.94. The number of carbonyl (C=O) groups is 1. The third kappa shape index (κ3) is 6.15. The van der Waals surface area contributed by atoms with Gasteiger partial charge < -0.3 is 30.8 Å². The molecule has 152 valence electrons. The molecule has 1 aliphatic heterocycles. The molecule has 1 saturated heterocycles. The maximum Gasteiger partial charge on any atom is 0.220 e. The Kier molecular flexibility index (Phi) is 8.46. The number of aryl methyl sites for hydroxylation is 1. The summed E-state index contributed by atoms with van der Waals surface area (Å²) in [6.45, 7) is 0.940. The topological polar surface area (TPSA) is 133 Å². The first kappa shape index (κ1) is 21.6. The first-order valence-corrected chi connectivity index (χ1v) is 9.36. The van der Waals surface area contributed by atoms with E-state index in [-0.39, 0.29) is 24.8 Å². The Hall–Kier alpha value is -1.71. The van der Waals surface area contributed by atoms with Crippen LogP contribution in [0.5, 0.6) is 5.75 Å². The van der Waals surface area contributed by atoms with Gasteiger partial charge in [-0.05, 0) is 37.4 Å². The lowest BCUT2D eigenvalue weighted by Gasteiger charge is -2.43. The van der Waals surface area contributed by atoms with E-state index < -0.39 is 24.4 Å². The van der Waals surface area contributed by atoms with Gasteiger partial charge in [-0.2, -0.15) is 0 Å². The highest BCUT2D eigenvalue weighted by atomic mass is 16.4. The molecular formula is C19H30N2O6. The number of unbranched alkanes of at least 4 members (excludes halogenated alkanes) is 1.